The minimum absolute atomic E-state index is 0.189. The number of nitrogens with zero attached hydrogens (tertiary/aromatic N) is 2. The van der Waals surface area contributed by atoms with E-state index >= 15 is 0 Å². The third kappa shape index (κ3) is 12.4. The van der Waals surface area contributed by atoms with Gasteiger partial charge >= 0.3 is 0 Å². The number of aryl methyl sites for hydroxylation is 2. The monoisotopic (exact) mass is 1220 g/mol. The number of hydrogen-bond donors (Lipinski definition) is 4. The number of sulfonamides is 2. The Morgan fingerprint density at radius 2 is 0.952 bits per heavy atom. The molecule has 4 aliphatic carbocycles. The molecule has 8 aliphatic rings. The van der Waals surface area contributed by atoms with Gasteiger partial charge in [0.1, 0.15) is 11.5 Å². The van der Waals surface area contributed by atoms with E-state index in [1.54, 1.807) is 50.2 Å². The van der Waals surface area contributed by atoms with Crippen LogP contribution in [-0.2, 0) is 43.7 Å². The number of amides is 2. The summed E-state index contributed by atoms with van der Waals surface area (Å²) < 4.78 is 70.4. The number of allylic oxidation sites excluding steroid dienone is 2. The molecule has 14 nitrogen and oxygen atoms in total. The molecule has 0 saturated heterocycles. The van der Waals surface area contributed by atoms with Gasteiger partial charge in [0, 0.05) is 58.2 Å². The first-order chi connectivity index (χ1) is 40.1. The van der Waals surface area contributed by atoms with E-state index in [4.69, 9.17) is 32.7 Å². The van der Waals surface area contributed by atoms with Gasteiger partial charge in [-0.2, -0.15) is 0 Å². The molecule has 4 aliphatic heterocycles. The molecule has 0 aromatic heterocycles. The first-order valence-electron chi connectivity index (χ1n) is 30.5. The number of carbonyl (C=O) groups is 2. The zero-order valence-electron chi connectivity index (χ0n) is 48.8. The summed E-state index contributed by atoms with van der Waals surface area (Å²) in [6.45, 7) is 10.9. The van der Waals surface area contributed by atoms with Crippen LogP contribution in [0.25, 0.3) is 0 Å². The van der Waals surface area contributed by atoms with Crippen LogP contribution in [0.2, 0.25) is 10.0 Å². The van der Waals surface area contributed by atoms with E-state index in [9.17, 15) is 36.6 Å². The highest BCUT2D eigenvalue weighted by Crippen LogP contribution is 2.49. The lowest BCUT2D eigenvalue weighted by atomic mass is 9.68. The molecule has 12 atom stereocenters. The van der Waals surface area contributed by atoms with E-state index in [2.05, 4.69) is 43.5 Å². The van der Waals surface area contributed by atoms with Crippen LogP contribution in [0, 0.1) is 35.5 Å². The van der Waals surface area contributed by atoms with Gasteiger partial charge in [0.2, 0.25) is 20.0 Å². The van der Waals surface area contributed by atoms with Crippen molar-refractivity contribution in [2.75, 3.05) is 49.2 Å². The van der Waals surface area contributed by atoms with Gasteiger partial charge in [-0.1, -0.05) is 73.5 Å². The van der Waals surface area contributed by atoms with Crippen LogP contribution < -0.4 is 28.7 Å². The van der Waals surface area contributed by atoms with Crippen LogP contribution in [0.4, 0.5) is 11.4 Å². The van der Waals surface area contributed by atoms with Gasteiger partial charge in [0.05, 0.1) is 47.3 Å². The Morgan fingerprint density at radius 1 is 0.548 bits per heavy atom. The molecule has 452 valence electrons. The molecule has 12 rings (SSSR count). The third-order valence-corrected chi connectivity index (χ3v) is 24.9. The number of aliphatic hydroxyl groups is 2. The van der Waals surface area contributed by atoms with Gasteiger partial charge in [-0.05, 0) is 222 Å². The van der Waals surface area contributed by atoms with Crippen LogP contribution in [0.3, 0.4) is 0 Å². The Bertz CT molecular complexity index is 3210. The molecule has 4 bridgehead atoms. The van der Waals surface area contributed by atoms with Gasteiger partial charge in [-0.15, -0.1) is 0 Å². The maximum absolute atomic E-state index is 13.4. The molecule has 84 heavy (non-hydrogen) atoms. The average molecular weight is 1230 g/mol. The highest BCUT2D eigenvalue weighted by atomic mass is 35.5. The molecule has 4 N–H and O–H groups in total. The van der Waals surface area contributed by atoms with Gasteiger partial charge in [0.15, 0.2) is 0 Å². The number of hydrogen-bond acceptors (Lipinski definition) is 12. The minimum Gasteiger partial charge on any atom is -0.490 e. The largest absolute Gasteiger partial charge is 0.490 e. The molecular formula is C66H82Cl2N4O10S2. The number of rotatable bonds is 0. The number of ether oxygens (including phenoxy) is 2. The van der Waals surface area contributed by atoms with E-state index < -0.39 is 54.6 Å². The number of nitrogens with one attached hydrogen (secondary N) is 2. The Kier molecular flexibility index (Phi) is 17.7. The first-order valence-corrected chi connectivity index (χ1v) is 34.4. The molecule has 2 spiro atoms. The number of anilines is 2. The quantitative estimate of drug-likeness (QED) is 0.122. The third-order valence-electron chi connectivity index (χ3n) is 20.6. The van der Waals surface area contributed by atoms with E-state index in [1.165, 1.54) is 22.3 Å². The van der Waals surface area contributed by atoms with E-state index in [-0.39, 0.29) is 45.6 Å². The van der Waals surface area contributed by atoms with Crippen molar-refractivity contribution in [2.45, 2.75) is 151 Å². The lowest BCUT2D eigenvalue weighted by Crippen LogP contribution is -2.49. The average Bonchev–Trinajstić information content (AvgIpc) is 2.59. The van der Waals surface area contributed by atoms with Gasteiger partial charge in [0.25, 0.3) is 11.8 Å². The number of fused-ring (bicyclic) bond motifs is 8. The van der Waals surface area contributed by atoms with Crippen molar-refractivity contribution in [3.05, 3.63) is 141 Å². The van der Waals surface area contributed by atoms with Crippen molar-refractivity contribution in [2.24, 2.45) is 35.5 Å². The Balaban J connectivity index is 0.000000175. The van der Waals surface area contributed by atoms with Gasteiger partial charge in [-0.3, -0.25) is 9.59 Å². The molecule has 4 aromatic rings. The molecule has 2 saturated carbocycles. The van der Waals surface area contributed by atoms with Gasteiger partial charge < -0.3 is 29.5 Å². The van der Waals surface area contributed by atoms with E-state index in [1.807, 2.05) is 50.3 Å². The molecule has 18 heteroatoms. The summed E-state index contributed by atoms with van der Waals surface area (Å²) in [5.41, 5.74) is 6.68. The second-order valence-corrected chi connectivity index (χ2v) is 30.9. The summed E-state index contributed by atoms with van der Waals surface area (Å²) >= 11 is 12.8. The van der Waals surface area contributed by atoms with Crippen LogP contribution >= 0.6 is 23.2 Å². The van der Waals surface area contributed by atoms with Crippen molar-refractivity contribution in [3.63, 3.8) is 0 Å². The summed E-state index contributed by atoms with van der Waals surface area (Å²) in [7, 11) is -7.80. The van der Waals surface area contributed by atoms with Crippen LogP contribution in [-0.4, -0.2) is 101 Å². The second kappa shape index (κ2) is 24.6. The normalized spacial score (nSPS) is 33.6. The Labute approximate surface area is 506 Å². The number of aliphatic hydroxyl groups excluding tert-OH is 2. The summed E-state index contributed by atoms with van der Waals surface area (Å²) in [6, 6.07) is 22.8. The number of carbonyl (C=O) groups excluding carboxylic acids is 2. The highest BCUT2D eigenvalue weighted by Gasteiger charge is 2.47. The molecule has 2 fully saturated rings. The van der Waals surface area contributed by atoms with E-state index in [0.29, 0.717) is 75.3 Å². The summed E-state index contributed by atoms with van der Waals surface area (Å²) in [4.78, 5) is 31.4. The van der Waals surface area contributed by atoms with Crippen LogP contribution in [0.1, 0.15) is 148 Å². The Hall–Kier alpha value is -5.10. The summed E-state index contributed by atoms with van der Waals surface area (Å²) in [5, 5.41) is 22.3. The lowest BCUT2D eigenvalue weighted by Gasteiger charge is -2.45. The molecule has 2 amide bonds. The van der Waals surface area contributed by atoms with Crippen LogP contribution in [0.5, 0.6) is 11.5 Å². The van der Waals surface area contributed by atoms with Crippen LogP contribution in [0.15, 0.2) is 97.1 Å². The molecule has 4 aromatic carbocycles. The molecular weight excluding hydrogens is 1140 g/mol. The SMILES string of the molecule is C[C@@H]1[C@@H](C)C/C=C/C[C@H](O)[C@@H]2CC[C@H]2CN2C[C@@]3(CCCc4cc(Cl)ccc43)COc3ccc(cc32)C(=O)NS1(=O)=O.C[C@H]1C/C=C/C[C@H](O)[C@@H]2CC[C@H]2CN2C[C@@]3(CCCc4cc(Cl)ccc43)COc3ccc(cc32)C(=O)NS(=O)(=O)[C@H]1C. The maximum atomic E-state index is 13.4. The molecule has 0 unspecified atom stereocenters. The highest BCUT2D eigenvalue weighted by molar-refractivity contribution is 7.91. The topological polar surface area (TPSA) is 192 Å². The van der Waals surface area contributed by atoms with E-state index in [0.717, 1.165) is 98.7 Å². The number of benzene rings is 4. The van der Waals surface area contributed by atoms with Crippen molar-refractivity contribution in [1.29, 1.82) is 0 Å². The minimum atomic E-state index is -3.90. The van der Waals surface area contributed by atoms with Crippen molar-refractivity contribution in [1.82, 2.24) is 9.44 Å². The lowest BCUT2D eigenvalue weighted by molar-refractivity contribution is 0.0175. The summed E-state index contributed by atoms with van der Waals surface area (Å²) in [5.74, 6) is 0.694. The fourth-order valence-corrected chi connectivity index (χ4v) is 17.7. The van der Waals surface area contributed by atoms with Crippen molar-refractivity contribution < 1.29 is 46.1 Å². The fourth-order valence-electron chi connectivity index (χ4n) is 14.7. The zero-order chi connectivity index (χ0) is 59.3. The predicted molar refractivity (Wildman–Crippen MR) is 332 cm³/mol. The standard InChI is InChI=1S/2C33H41ClN2O5S/c2*1-21-6-3-4-8-30(37)27-12-9-25(27)18-36-19-33(15-5-7-23-16-26(34)11-13-28(23)33)20-41-31-14-10-24(17-29(31)36)32(38)35-42(39,40)22(21)2/h2*3-4,10-11,13-14,16-17,21-22,25,27,30,37H,5-9,12,15,18-20H2,1-2H3,(H,35,38)/b2*4-3+/t21-,22+,25-,27+,30-,33-;21-,22-,25-,27+,30-,33-/m00/s1. The summed E-state index contributed by atoms with van der Waals surface area (Å²) in [6.07, 6.45) is 19.2. The smallest absolute Gasteiger partial charge is 0.264 e. The molecule has 4 heterocycles. The zero-order valence-corrected chi connectivity index (χ0v) is 51.9. The molecule has 0 radical (unpaired) electrons. The Morgan fingerprint density at radius 3 is 1.35 bits per heavy atom. The fraction of sp³-hybridized carbons (Fsp3) is 0.545. The predicted octanol–water partition coefficient (Wildman–Crippen LogP) is 11.3. The first kappa shape index (κ1) is 60.6. The second-order valence-electron chi connectivity index (χ2n) is 25.9. The maximum Gasteiger partial charge on any atom is 0.264 e. The number of halogens is 2. The van der Waals surface area contributed by atoms with Gasteiger partial charge in [-0.25, -0.2) is 26.3 Å². The van der Waals surface area contributed by atoms with Crippen molar-refractivity contribution in [3.8, 4) is 11.5 Å². The van der Waals surface area contributed by atoms with Crippen molar-refractivity contribution >= 4 is 66.4 Å².